The number of nitrogen functional groups attached to an aromatic ring is 1. The van der Waals surface area contributed by atoms with E-state index in [0.717, 1.165) is 21.6 Å². The topological polar surface area (TPSA) is 53.1 Å². The molecule has 2 aromatic rings. The maximum Gasteiger partial charge on any atom is 0.132 e. The quantitative estimate of drug-likeness (QED) is 0.885. The molecule has 1 heterocycles. The molecule has 0 aliphatic heterocycles. The van der Waals surface area contributed by atoms with Gasteiger partial charge in [-0.25, -0.2) is 4.98 Å². The van der Waals surface area contributed by atoms with Gasteiger partial charge in [0.1, 0.15) is 23.1 Å². The Morgan fingerprint density at radius 3 is 2.89 bits per heavy atom. The zero-order valence-corrected chi connectivity index (χ0v) is 12.4. The molecular formula is C14H14BrN3O. The summed E-state index contributed by atoms with van der Waals surface area (Å²) in [4.78, 5) is 4.49. The Bertz CT molecular complexity index is 655. The maximum absolute atomic E-state index is 6.13. The van der Waals surface area contributed by atoms with Gasteiger partial charge in [-0.15, -0.1) is 6.42 Å². The minimum Gasteiger partial charge on any atom is -0.496 e. The van der Waals surface area contributed by atoms with Crippen molar-refractivity contribution in [2.75, 3.05) is 12.8 Å². The van der Waals surface area contributed by atoms with E-state index in [9.17, 15) is 0 Å². The lowest BCUT2D eigenvalue weighted by Gasteiger charge is -2.08. The SMILES string of the molecule is C#CCn1c(C)nc(-c2cc(Br)ccc2OC)c1N. The van der Waals surface area contributed by atoms with Crippen molar-refractivity contribution in [2.24, 2.45) is 0 Å². The van der Waals surface area contributed by atoms with Crippen LogP contribution in [-0.4, -0.2) is 16.7 Å². The molecule has 0 saturated heterocycles. The molecule has 0 aliphatic carbocycles. The fourth-order valence-electron chi connectivity index (χ4n) is 1.94. The number of nitrogens with zero attached hydrogens (tertiary/aromatic N) is 2. The minimum absolute atomic E-state index is 0.404. The van der Waals surface area contributed by atoms with Crippen molar-refractivity contribution in [3.63, 3.8) is 0 Å². The number of ether oxygens (including phenoxy) is 1. The number of hydrogen-bond donors (Lipinski definition) is 1. The second-order valence-corrected chi connectivity index (χ2v) is 4.94. The van der Waals surface area contributed by atoms with Crippen LogP contribution < -0.4 is 10.5 Å². The summed E-state index contributed by atoms with van der Waals surface area (Å²) in [7, 11) is 1.62. The van der Waals surface area contributed by atoms with Crippen molar-refractivity contribution in [3.8, 4) is 29.4 Å². The lowest BCUT2D eigenvalue weighted by molar-refractivity contribution is 0.416. The van der Waals surface area contributed by atoms with Gasteiger partial charge in [-0.3, -0.25) is 0 Å². The number of aromatic nitrogens is 2. The monoisotopic (exact) mass is 319 g/mol. The molecule has 0 saturated carbocycles. The first-order valence-electron chi connectivity index (χ1n) is 5.68. The van der Waals surface area contributed by atoms with Crippen molar-refractivity contribution in [3.05, 3.63) is 28.5 Å². The van der Waals surface area contributed by atoms with Crippen LogP contribution in [0.2, 0.25) is 0 Å². The third-order valence-corrected chi connectivity index (χ3v) is 3.36. The largest absolute Gasteiger partial charge is 0.496 e. The summed E-state index contributed by atoms with van der Waals surface area (Å²) in [5.74, 6) is 4.63. The molecule has 0 bridgehead atoms. The van der Waals surface area contributed by atoms with Gasteiger partial charge in [-0.2, -0.15) is 0 Å². The van der Waals surface area contributed by atoms with E-state index in [1.54, 1.807) is 11.7 Å². The van der Waals surface area contributed by atoms with Crippen molar-refractivity contribution >= 4 is 21.7 Å². The van der Waals surface area contributed by atoms with Crippen LogP contribution >= 0.6 is 15.9 Å². The molecule has 19 heavy (non-hydrogen) atoms. The van der Waals surface area contributed by atoms with E-state index in [1.165, 1.54) is 0 Å². The van der Waals surface area contributed by atoms with Gasteiger partial charge in [0.25, 0.3) is 0 Å². The van der Waals surface area contributed by atoms with Crippen molar-refractivity contribution in [1.82, 2.24) is 9.55 Å². The molecular weight excluding hydrogens is 306 g/mol. The van der Waals surface area contributed by atoms with E-state index in [1.807, 2.05) is 25.1 Å². The van der Waals surface area contributed by atoms with Crippen LogP contribution in [0.25, 0.3) is 11.3 Å². The van der Waals surface area contributed by atoms with Crippen LogP contribution in [0.15, 0.2) is 22.7 Å². The number of terminal acetylenes is 1. The van der Waals surface area contributed by atoms with Crippen LogP contribution in [0.5, 0.6) is 5.75 Å². The molecule has 2 N–H and O–H groups in total. The molecule has 5 heteroatoms. The predicted octanol–water partition coefficient (Wildman–Crippen LogP) is 2.85. The first-order valence-corrected chi connectivity index (χ1v) is 6.47. The molecule has 98 valence electrons. The number of hydrogen-bond acceptors (Lipinski definition) is 3. The van der Waals surface area contributed by atoms with Gasteiger partial charge >= 0.3 is 0 Å². The minimum atomic E-state index is 0.404. The van der Waals surface area contributed by atoms with E-state index in [0.29, 0.717) is 18.1 Å². The zero-order valence-electron chi connectivity index (χ0n) is 10.8. The fourth-order valence-corrected chi connectivity index (χ4v) is 2.30. The summed E-state index contributed by atoms with van der Waals surface area (Å²) < 4.78 is 8.09. The van der Waals surface area contributed by atoms with Crippen LogP contribution in [0, 0.1) is 19.3 Å². The first kappa shape index (κ1) is 13.5. The van der Waals surface area contributed by atoms with Crippen molar-refractivity contribution < 1.29 is 4.74 Å². The highest BCUT2D eigenvalue weighted by Crippen LogP contribution is 2.35. The molecule has 0 fully saturated rings. The van der Waals surface area contributed by atoms with Gasteiger partial charge < -0.3 is 15.0 Å². The summed E-state index contributed by atoms with van der Waals surface area (Å²) >= 11 is 3.44. The highest BCUT2D eigenvalue weighted by molar-refractivity contribution is 9.10. The summed E-state index contributed by atoms with van der Waals surface area (Å²) in [5, 5.41) is 0. The molecule has 1 aromatic heterocycles. The molecule has 2 rings (SSSR count). The third kappa shape index (κ3) is 2.45. The number of aryl methyl sites for hydroxylation is 1. The standard InChI is InChI=1S/C14H14BrN3O/c1-4-7-18-9(2)17-13(14(18)16)11-8-10(15)5-6-12(11)19-3/h1,5-6,8H,7,16H2,2-3H3. The number of imidazole rings is 1. The van der Waals surface area contributed by atoms with Gasteiger partial charge in [-0.05, 0) is 25.1 Å². The van der Waals surface area contributed by atoms with E-state index in [4.69, 9.17) is 16.9 Å². The predicted molar refractivity (Wildman–Crippen MR) is 79.9 cm³/mol. The molecule has 1 aromatic carbocycles. The Morgan fingerprint density at radius 1 is 1.53 bits per heavy atom. The Hall–Kier alpha value is -1.93. The first-order chi connectivity index (χ1) is 9.08. The Balaban J connectivity index is 2.63. The third-order valence-electron chi connectivity index (χ3n) is 2.86. The molecule has 0 aliphatic rings. The summed E-state index contributed by atoms with van der Waals surface area (Å²) in [6, 6.07) is 5.70. The fraction of sp³-hybridized carbons (Fsp3) is 0.214. The molecule has 0 unspecified atom stereocenters. The molecule has 0 amide bonds. The van der Waals surface area contributed by atoms with Gasteiger partial charge in [0.05, 0.1) is 13.7 Å². The number of rotatable bonds is 3. The Kier molecular flexibility index (Phi) is 3.82. The number of benzene rings is 1. The average Bonchev–Trinajstić information content (AvgIpc) is 2.67. The second kappa shape index (κ2) is 5.37. The van der Waals surface area contributed by atoms with Crippen LogP contribution in [0.4, 0.5) is 5.82 Å². The van der Waals surface area contributed by atoms with E-state index >= 15 is 0 Å². The van der Waals surface area contributed by atoms with Gasteiger partial charge in [0, 0.05) is 10.0 Å². The smallest absolute Gasteiger partial charge is 0.132 e. The average molecular weight is 320 g/mol. The number of halogens is 1. The number of nitrogens with two attached hydrogens (primary N) is 1. The highest BCUT2D eigenvalue weighted by Gasteiger charge is 2.16. The highest BCUT2D eigenvalue weighted by atomic mass is 79.9. The normalized spacial score (nSPS) is 10.2. The summed E-state index contributed by atoms with van der Waals surface area (Å²) in [5.41, 5.74) is 7.66. The molecule has 0 atom stereocenters. The maximum atomic E-state index is 6.13. The van der Waals surface area contributed by atoms with E-state index < -0.39 is 0 Å². The van der Waals surface area contributed by atoms with Gasteiger partial charge in [-0.1, -0.05) is 21.9 Å². The number of anilines is 1. The Morgan fingerprint density at radius 2 is 2.26 bits per heavy atom. The van der Waals surface area contributed by atoms with Crippen LogP contribution in [0.3, 0.4) is 0 Å². The van der Waals surface area contributed by atoms with E-state index in [2.05, 4.69) is 26.8 Å². The molecule has 4 nitrogen and oxygen atoms in total. The number of methoxy groups -OCH3 is 1. The lowest BCUT2D eigenvalue weighted by atomic mass is 10.1. The zero-order chi connectivity index (χ0) is 14.0. The van der Waals surface area contributed by atoms with Gasteiger partial charge in [0.15, 0.2) is 0 Å². The van der Waals surface area contributed by atoms with Crippen LogP contribution in [0.1, 0.15) is 5.82 Å². The Labute approximate surface area is 120 Å². The molecule has 0 spiro atoms. The van der Waals surface area contributed by atoms with Crippen molar-refractivity contribution in [1.29, 1.82) is 0 Å². The summed E-state index contributed by atoms with van der Waals surface area (Å²) in [6.07, 6.45) is 5.34. The molecule has 0 radical (unpaired) electrons. The van der Waals surface area contributed by atoms with E-state index in [-0.39, 0.29) is 0 Å². The lowest BCUT2D eigenvalue weighted by Crippen LogP contribution is -2.03. The second-order valence-electron chi connectivity index (χ2n) is 4.03. The van der Waals surface area contributed by atoms with Crippen LogP contribution in [-0.2, 0) is 6.54 Å². The van der Waals surface area contributed by atoms with Gasteiger partial charge in [0.2, 0.25) is 0 Å². The summed E-state index contributed by atoms with van der Waals surface area (Å²) in [6.45, 7) is 2.28. The van der Waals surface area contributed by atoms with Crippen molar-refractivity contribution in [2.45, 2.75) is 13.5 Å².